The van der Waals surface area contributed by atoms with Crippen LogP contribution in [0.1, 0.15) is 16.0 Å². The van der Waals surface area contributed by atoms with E-state index in [1.54, 1.807) is 36.4 Å². The molecule has 0 fully saturated rings. The molecule has 0 spiro atoms. The molecule has 0 saturated heterocycles. The van der Waals surface area contributed by atoms with Gasteiger partial charge in [0.1, 0.15) is 10.6 Å². The summed E-state index contributed by atoms with van der Waals surface area (Å²) in [5.41, 5.74) is 1.63. The molecule has 2 heterocycles. The maximum atomic E-state index is 13.3. The molecule has 28 heavy (non-hydrogen) atoms. The lowest BCUT2D eigenvalue weighted by molar-refractivity contribution is 0.628. The molecular weight excluding hydrogens is 377 g/mol. The number of aromatic amines is 1. The van der Waals surface area contributed by atoms with Crippen LogP contribution in [0.4, 0.5) is 4.39 Å². The average Bonchev–Trinajstić information content (AvgIpc) is 3.02. The summed E-state index contributed by atoms with van der Waals surface area (Å²) in [6, 6.07) is 14.8. The number of nitrogens with one attached hydrogen (secondary N) is 1. The van der Waals surface area contributed by atoms with Crippen molar-refractivity contribution >= 4 is 21.6 Å². The van der Waals surface area contributed by atoms with Gasteiger partial charge in [0, 0.05) is 10.4 Å². The fraction of sp³-hybridized carbons (Fsp3) is 0.0952. The van der Waals surface area contributed by atoms with E-state index in [-0.39, 0.29) is 12.4 Å². The first-order chi connectivity index (χ1) is 13.5. The number of H-pyrrole nitrogens is 1. The van der Waals surface area contributed by atoms with Crippen molar-refractivity contribution in [3.8, 4) is 17.2 Å². The molecule has 4 aromatic rings. The Hall–Kier alpha value is -3.50. The highest BCUT2D eigenvalue weighted by Crippen LogP contribution is 2.35. The molecule has 1 N–H and O–H groups in total. The van der Waals surface area contributed by atoms with Gasteiger partial charge in [0.15, 0.2) is 0 Å². The van der Waals surface area contributed by atoms with Gasteiger partial charge in [-0.1, -0.05) is 24.3 Å². The number of aryl methyl sites for hydroxylation is 1. The zero-order chi connectivity index (χ0) is 19.8. The summed E-state index contributed by atoms with van der Waals surface area (Å²) in [5, 5.41) is 9.46. The molecule has 7 heteroatoms. The minimum atomic E-state index is -0.508. The Labute approximate surface area is 162 Å². The summed E-state index contributed by atoms with van der Waals surface area (Å²) in [7, 11) is 0. The zero-order valence-corrected chi connectivity index (χ0v) is 15.6. The van der Waals surface area contributed by atoms with Crippen LogP contribution in [0.15, 0.2) is 58.1 Å². The minimum Gasteiger partial charge on any atom is -0.298 e. The van der Waals surface area contributed by atoms with E-state index in [0.717, 1.165) is 9.44 Å². The van der Waals surface area contributed by atoms with Crippen molar-refractivity contribution in [2.45, 2.75) is 13.5 Å². The van der Waals surface area contributed by atoms with Gasteiger partial charge < -0.3 is 0 Å². The lowest BCUT2D eigenvalue weighted by atomic mass is 10.0. The van der Waals surface area contributed by atoms with Crippen LogP contribution in [0.25, 0.3) is 21.3 Å². The van der Waals surface area contributed by atoms with E-state index in [1.807, 2.05) is 13.0 Å². The number of rotatable bonds is 3. The number of halogens is 1. The third kappa shape index (κ3) is 3.04. The van der Waals surface area contributed by atoms with Crippen molar-refractivity contribution in [2.75, 3.05) is 0 Å². The summed E-state index contributed by atoms with van der Waals surface area (Å²) in [6.07, 6.45) is 0. The number of nitriles is 1. The second-order valence-corrected chi connectivity index (χ2v) is 7.60. The van der Waals surface area contributed by atoms with Crippen molar-refractivity contribution in [1.29, 1.82) is 5.26 Å². The number of aromatic nitrogens is 2. The van der Waals surface area contributed by atoms with Gasteiger partial charge in [0.05, 0.1) is 23.6 Å². The van der Waals surface area contributed by atoms with Gasteiger partial charge in [0.25, 0.3) is 5.56 Å². The fourth-order valence-electron chi connectivity index (χ4n) is 3.26. The summed E-state index contributed by atoms with van der Waals surface area (Å²) in [5.74, 6) is -0.357. The van der Waals surface area contributed by atoms with Crippen molar-refractivity contribution in [3.63, 3.8) is 0 Å². The highest BCUT2D eigenvalue weighted by atomic mass is 32.1. The molecule has 0 bridgehead atoms. The molecule has 2 aromatic heterocycles. The molecule has 0 amide bonds. The monoisotopic (exact) mass is 391 g/mol. The first kappa shape index (κ1) is 17.9. The smallest absolute Gasteiger partial charge is 0.298 e. The third-order valence-corrected chi connectivity index (χ3v) is 5.56. The predicted octanol–water partition coefficient (Wildman–Crippen LogP) is 3.79. The van der Waals surface area contributed by atoms with Crippen LogP contribution < -0.4 is 11.2 Å². The number of benzene rings is 2. The molecule has 138 valence electrons. The predicted molar refractivity (Wildman–Crippen MR) is 107 cm³/mol. The van der Waals surface area contributed by atoms with Crippen molar-refractivity contribution in [3.05, 3.63) is 91.2 Å². The molecule has 0 aliphatic carbocycles. The van der Waals surface area contributed by atoms with Crippen molar-refractivity contribution in [1.82, 2.24) is 9.55 Å². The van der Waals surface area contributed by atoms with E-state index in [1.165, 1.54) is 23.5 Å². The first-order valence-electron chi connectivity index (χ1n) is 8.49. The van der Waals surface area contributed by atoms with E-state index in [0.29, 0.717) is 32.5 Å². The van der Waals surface area contributed by atoms with E-state index < -0.39 is 11.2 Å². The van der Waals surface area contributed by atoms with Crippen molar-refractivity contribution in [2.24, 2.45) is 0 Å². The maximum Gasteiger partial charge on any atom is 0.329 e. The number of nitrogens with zero attached hydrogens (tertiary/aromatic N) is 2. The lowest BCUT2D eigenvalue weighted by Gasteiger charge is -2.07. The SMILES string of the molecule is Cc1sc2[nH]c(=O)n(Cc3cccc(C#N)c3)c(=O)c2c1-c1ccc(F)cc1. The average molecular weight is 391 g/mol. The largest absolute Gasteiger partial charge is 0.329 e. The molecule has 0 radical (unpaired) electrons. The Bertz CT molecular complexity index is 1360. The van der Waals surface area contributed by atoms with Crippen molar-refractivity contribution < 1.29 is 4.39 Å². The Kier molecular flexibility index (Phi) is 4.41. The molecular formula is C21H14FN3O2S. The van der Waals surface area contributed by atoms with Gasteiger partial charge >= 0.3 is 5.69 Å². The van der Waals surface area contributed by atoms with Crippen LogP contribution in [0.3, 0.4) is 0 Å². The van der Waals surface area contributed by atoms with Gasteiger partial charge in [-0.25, -0.2) is 9.18 Å². The van der Waals surface area contributed by atoms with Crippen LogP contribution >= 0.6 is 11.3 Å². The van der Waals surface area contributed by atoms with Gasteiger partial charge in [-0.05, 0) is 42.3 Å². The topological polar surface area (TPSA) is 78.7 Å². The van der Waals surface area contributed by atoms with E-state index in [9.17, 15) is 14.0 Å². The normalized spacial score (nSPS) is 10.9. The number of hydrogen-bond donors (Lipinski definition) is 1. The third-order valence-electron chi connectivity index (χ3n) is 4.54. The van der Waals surface area contributed by atoms with Crippen LogP contribution in [0.2, 0.25) is 0 Å². The second kappa shape index (κ2) is 6.91. The van der Waals surface area contributed by atoms with E-state index in [4.69, 9.17) is 5.26 Å². The Morgan fingerprint density at radius 1 is 1.18 bits per heavy atom. The van der Waals surface area contributed by atoms with Crippen LogP contribution in [-0.2, 0) is 6.54 Å². The van der Waals surface area contributed by atoms with Gasteiger partial charge in [-0.3, -0.25) is 14.3 Å². The van der Waals surface area contributed by atoms with E-state index in [2.05, 4.69) is 4.98 Å². The summed E-state index contributed by atoms with van der Waals surface area (Å²) in [6.45, 7) is 1.92. The Morgan fingerprint density at radius 3 is 2.64 bits per heavy atom. The molecule has 0 saturated carbocycles. The van der Waals surface area contributed by atoms with Crippen LogP contribution in [0, 0.1) is 24.1 Å². The van der Waals surface area contributed by atoms with Gasteiger partial charge in [-0.15, -0.1) is 11.3 Å². The summed E-state index contributed by atoms with van der Waals surface area (Å²) in [4.78, 5) is 29.8. The molecule has 4 rings (SSSR count). The first-order valence-corrected chi connectivity index (χ1v) is 9.31. The highest BCUT2D eigenvalue weighted by Gasteiger charge is 2.18. The molecule has 2 aromatic carbocycles. The molecule has 0 aliphatic heterocycles. The molecule has 0 atom stereocenters. The number of thiophene rings is 1. The molecule has 0 aliphatic rings. The van der Waals surface area contributed by atoms with E-state index >= 15 is 0 Å². The molecule has 0 unspecified atom stereocenters. The standard InChI is InChI=1S/C21H14FN3O2S/c1-12-17(15-5-7-16(22)8-6-15)18-19(28-12)24-21(27)25(20(18)26)11-14-4-2-3-13(9-14)10-23/h2-9H,11H2,1H3,(H,24,27). The summed E-state index contributed by atoms with van der Waals surface area (Å²) >= 11 is 1.32. The Morgan fingerprint density at radius 2 is 1.93 bits per heavy atom. The minimum absolute atomic E-state index is 0.0530. The zero-order valence-electron chi connectivity index (χ0n) is 14.8. The molecule has 5 nitrogen and oxygen atoms in total. The second-order valence-electron chi connectivity index (χ2n) is 6.38. The fourth-order valence-corrected chi connectivity index (χ4v) is 4.32. The quantitative estimate of drug-likeness (QED) is 0.577. The number of hydrogen-bond acceptors (Lipinski definition) is 4. The number of fused-ring (bicyclic) bond motifs is 1. The Balaban J connectivity index is 1.93. The van der Waals surface area contributed by atoms with Gasteiger partial charge in [0.2, 0.25) is 0 Å². The lowest BCUT2D eigenvalue weighted by Crippen LogP contribution is -2.35. The van der Waals surface area contributed by atoms with Crippen LogP contribution in [-0.4, -0.2) is 9.55 Å². The highest BCUT2D eigenvalue weighted by molar-refractivity contribution is 7.19. The summed E-state index contributed by atoms with van der Waals surface area (Å²) < 4.78 is 14.4. The van der Waals surface area contributed by atoms with Gasteiger partial charge in [-0.2, -0.15) is 5.26 Å². The van der Waals surface area contributed by atoms with Crippen LogP contribution in [0.5, 0.6) is 0 Å². The maximum absolute atomic E-state index is 13.3.